The third-order valence-electron chi connectivity index (χ3n) is 10.3. The van der Waals surface area contributed by atoms with Gasteiger partial charge in [0, 0.05) is 25.8 Å². The molecule has 0 unspecified atom stereocenters. The fourth-order valence-electron chi connectivity index (χ4n) is 7.31. The SMILES string of the molecule is CC(C)c1cc2c(-c3ccccc3C(F)(F)F)cccc2[cH-]1.CC(C)c1cc2c(-c3ccccc3C(F)(F)F)cccc2[cH-]1.[Hf].[c-]1cccc2c1[Si]c1ccccc1-2. The van der Waals surface area contributed by atoms with Gasteiger partial charge in [-0.15, -0.1) is 74.6 Å². The minimum atomic E-state index is -4.35. The van der Waals surface area contributed by atoms with Crippen molar-refractivity contribution >= 4 is 41.4 Å². The van der Waals surface area contributed by atoms with Gasteiger partial charge >= 0.3 is 12.4 Å². The van der Waals surface area contributed by atoms with E-state index in [0.29, 0.717) is 23.0 Å². The summed E-state index contributed by atoms with van der Waals surface area (Å²) in [6.07, 6.45) is -8.71. The monoisotopic (exact) mass is 961 g/mol. The van der Waals surface area contributed by atoms with Crippen LogP contribution in [0.5, 0.6) is 0 Å². The Morgan fingerprint density at radius 1 is 0.483 bits per heavy atom. The molecule has 1 aliphatic rings. The molecule has 0 atom stereocenters. The van der Waals surface area contributed by atoms with Crippen molar-refractivity contribution in [3.05, 3.63) is 180 Å². The Morgan fingerprint density at radius 2 is 0.897 bits per heavy atom. The first-order valence-electron chi connectivity index (χ1n) is 18.8. The van der Waals surface area contributed by atoms with E-state index < -0.39 is 23.5 Å². The molecule has 1 heterocycles. The van der Waals surface area contributed by atoms with E-state index in [1.165, 1.54) is 33.6 Å². The summed E-state index contributed by atoms with van der Waals surface area (Å²) >= 11 is 0. The van der Waals surface area contributed by atoms with Gasteiger partial charge in [-0.25, -0.2) is 0 Å². The summed E-state index contributed by atoms with van der Waals surface area (Å²) in [7, 11) is 0.795. The fourth-order valence-corrected chi connectivity index (χ4v) is 8.62. The average Bonchev–Trinajstić information content (AvgIpc) is 3.93. The van der Waals surface area contributed by atoms with Crippen LogP contribution in [0.4, 0.5) is 26.3 Å². The molecular weight excluding hydrogens is 921 g/mol. The van der Waals surface area contributed by atoms with Gasteiger partial charge in [0.1, 0.15) is 0 Å². The zero-order chi connectivity index (χ0) is 40.5. The molecule has 292 valence electrons. The topological polar surface area (TPSA) is 0 Å². The summed E-state index contributed by atoms with van der Waals surface area (Å²) in [5, 5.41) is 6.55. The van der Waals surface area contributed by atoms with E-state index in [9.17, 15) is 26.3 Å². The standard InChI is InChI=1S/2C19H16F3.C12H7Si.Hf/c2*1-12(2)14-10-13-6-5-8-15(17(13)11-14)16-7-3-4-9-18(16)19(20,21)22;1-3-7-11-9(5-1)10-6-2-4-8-12(10)13-11;/h2*3-12H,1-2H3;1-7H;/q3*-1;. The minimum Gasteiger partial charge on any atom is -0.184 e. The zero-order valence-electron chi connectivity index (χ0n) is 32.4. The first-order chi connectivity index (χ1) is 27.2. The zero-order valence-corrected chi connectivity index (χ0v) is 36.9. The Balaban J connectivity index is 0.000000150. The van der Waals surface area contributed by atoms with Crippen LogP contribution >= 0.6 is 0 Å². The second kappa shape index (κ2) is 17.6. The second-order valence-electron chi connectivity index (χ2n) is 14.7. The van der Waals surface area contributed by atoms with Gasteiger partial charge in [-0.2, -0.15) is 67.9 Å². The normalized spacial score (nSPS) is 12.1. The third-order valence-corrected chi connectivity index (χ3v) is 11.6. The van der Waals surface area contributed by atoms with Crippen molar-refractivity contribution in [2.45, 2.75) is 51.9 Å². The van der Waals surface area contributed by atoms with Gasteiger partial charge in [0.2, 0.25) is 0 Å². The molecule has 8 aromatic rings. The molecule has 9 rings (SSSR count). The molecule has 8 aromatic carbocycles. The van der Waals surface area contributed by atoms with Crippen LogP contribution in [-0.4, -0.2) is 9.52 Å². The second-order valence-corrected chi connectivity index (χ2v) is 16.0. The van der Waals surface area contributed by atoms with Gasteiger partial charge in [0.15, 0.2) is 0 Å². The van der Waals surface area contributed by atoms with E-state index in [1.54, 1.807) is 36.4 Å². The predicted octanol–water partition coefficient (Wildman–Crippen LogP) is 13.9. The number of rotatable bonds is 4. The number of halogens is 6. The molecule has 0 N–H and O–H groups in total. The van der Waals surface area contributed by atoms with Crippen molar-refractivity contribution in [3.63, 3.8) is 0 Å². The molecule has 0 amide bonds. The van der Waals surface area contributed by atoms with E-state index in [1.807, 2.05) is 42.5 Å². The van der Waals surface area contributed by atoms with Crippen LogP contribution in [0, 0.1) is 6.07 Å². The smallest absolute Gasteiger partial charge is 0.184 e. The summed E-state index contributed by atoms with van der Waals surface area (Å²) in [6.45, 7) is 8.32. The third kappa shape index (κ3) is 9.08. The molecule has 0 fully saturated rings. The van der Waals surface area contributed by atoms with Crippen molar-refractivity contribution in [1.29, 1.82) is 0 Å². The molecule has 0 saturated carbocycles. The van der Waals surface area contributed by atoms with Crippen LogP contribution in [0.1, 0.15) is 61.8 Å². The Hall–Kier alpha value is -4.79. The quantitative estimate of drug-likeness (QED) is 0.0937. The Kier molecular flexibility index (Phi) is 13.0. The molecule has 0 saturated heterocycles. The number of hydrogen-bond donors (Lipinski definition) is 0. The van der Waals surface area contributed by atoms with Crippen molar-refractivity contribution in [1.82, 2.24) is 0 Å². The van der Waals surface area contributed by atoms with Crippen molar-refractivity contribution in [3.8, 4) is 33.4 Å². The summed E-state index contributed by atoms with van der Waals surface area (Å²) in [4.78, 5) is 0. The molecule has 2 radical (unpaired) electrons. The van der Waals surface area contributed by atoms with Crippen molar-refractivity contribution < 1.29 is 52.2 Å². The molecule has 0 aliphatic carbocycles. The Morgan fingerprint density at radius 3 is 1.36 bits per heavy atom. The van der Waals surface area contributed by atoms with E-state index in [2.05, 4.69) is 82.3 Å². The Labute approximate surface area is 356 Å². The van der Waals surface area contributed by atoms with Gasteiger partial charge in [0.25, 0.3) is 0 Å². The van der Waals surface area contributed by atoms with Crippen LogP contribution in [0.25, 0.3) is 54.9 Å². The van der Waals surface area contributed by atoms with E-state index in [4.69, 9.17) is 0 Å². The van der Waals surface area contributed by atoms with Gasteiger partial charge in [-0.3, -0.25) is 0 Å². The summed E-state index contributed by atoms with van der Waals surface area (Å²) in [5.41, 5.74) is 5.63. The van der Waals surface area contributed by atoms with Crippen molar-refractivity contribution in [2.24, 2.45) is 0 Å². The minimum absolute atomic E-state index is 0. The first-order valence-corrected chi connectivity index (χ1v) is 19.8. The molecule has 0 aromatic heterocycles. The summed E-state index contributed by atoms with van der Waals surface area (Å²) in [6, 6.07) is 48.8. The molecule has 8 heteroatoms. The molecular formula is C50H39F6HfSi-3. The molecule has 58 heavy (non-hydrogen) atoms. The predicted molar refractivity (Wildman–Crippen MR) is 224 cm³/mol. The maximum Gasteiger partial charge on any atom is 0.416 e. The van der Waals surface area contributed by atoms with Crippen molar-refractivity contribution in [2.75, 3.05) is 0 Å². The maximum atomic E-state index is 13.3. The largest absolute Gasteiger partial charge is 0.416 e. The van der Waals surface area contributed by atoms with Crippen LogP contribution < -0.4 is 10.4 Å². The number of hydrogen-bond acceptors (Lipinski definition) is 0. The van der Waals surface area contributed by atoms with Crippen LogP contribution in [0.2, 0.25) is 0 Å². The van der Waals surface area contributed by atoms with Crippen LogP contribution in [0.3, 0.4) is 0 Å². The van der Waals surface area contributed by atoms with Crippen LogP contribution in [-0.2, 0) is 38.2 Å². The van der Waals surface area contributed by atoms with Gasteiger partial charge in [0.05, 0.1) is 20.6 Å². The van der Waals surface area contributed by atoms with E-state index in [0.717, 1.165) is 54.3 Å². The molecule has 0 nitrogen and oxygen atoms in total. The molecule has 0 spiro atoms. The molecule has 0 bridgehead atoms. The summed E-state index contributed by atoms with van der Waals surface area (Å²) in [5.74, 6) is 0.691. The fraction of sp³-hybridized carbons (Fsp3) is 0.160. The average molecular weight is 960 g/mol. The van der Waals surface area contributed by atoms with Gasteiger partial charge < -0.3 is 0 Å². The van der Waals surface area contributed by atoms with Gasteiger partial charge in [-0.05, 0) is 35.1 Å². The number of benzene rings is 6. The summed E-state index contributed by atoms with van der Waals surface area (Å²) < 4.78 is 79.6. The van der Waals surface area contributed by atoms with Crippen LogP contribution in [0.15, 0.2) is 152 Å². The van der Waals surface area contributed by atoms with E-state index >= 15 is 0 Å². The maximum absolute atomic E-state index is 13.3. The van der Waals surface area contributed by atoms with E-state index in [-0.39, 0.29) is 37.0 Å². The number of fused-ring (bicyclic) bond motifs is 5. The number of alkyl halides is 6. The first kappa shape index (κ1) is 42.8. The van der Waals surface area contributed by atoms with Gasteiger partial charge in [-0.1, -0.05) is 122 Å². The molecule has 1 aliphatic heterocycles. The Bertz CT molecular complexity index is 2480.